The van der Waals surface area contributed by atoms with Crippen molar-refractivity contribution in [2.75, 3.05) is 26.2 Å². The fourth-order valence-electron chi connectivity index (χ4n) is 1.23. The highest BCUT2D eigenvalue weighted by Crippen LogP contribution is 1.95. The van der Waals surface area contributed by atoms with Crippen LogP contribution in [-0.2, 0) is 6.42 Å². The van der Waals surface area contributed by atoms with Crippen LogP contribution < -0.4 is 10.6 Å². The summed E-state index contributed by atoms with van der Waals surface area (Å²) in [5.41, 5.74) is 1.37. The van der Waals surface area contributed by atoms with Gasteiger partial charge in [0.15, 0.2) is 0 Å². The zero-order valence-corrected chi connectivity index (χ0v) is 8.27. The number of hydrogen-bond acceptors (Lipinski definition) is 2. The Kier molecular flexibility index (Phi) is 5.29. The second kappa shape index (κ2) is 6.69. The third kappa shape index (κ3) is 4.70. The van der Waals surface area contributed by atoms with Gasteiger partial charge in [0.2, 0.25) is 0 Å². The topological polar surface area (TPSA) is 39.8 Å². The second-order valence-corrected chi connectivity index (χ2v) is 3.07. The lowest BCUT2D eigenvalue weighted by molar-refractivity contribution is 0.625. The van der Waals surface area contributed by atoms with Gasteiger partial charge in [-0.25, -0.2) is 0 Å². The van der Waals surface area contributed by atoms with Crippen LogP contribution in [0.2, 0.25) is 0 Å². The minimum absolute atomic E-state index is 1.05. The molecule has 0 aliphatic carbocycles. The molecule has 0 aromatic carbocycles. The summed E-state index contributed by atoms with van der Waals surface area (Å²) in [7, 11) is 0. The lowest BCUT2D eigenvalue weighted by Crippen LogP contribution is -2.28. The molecule has 0 fully saturated rings. The minimum Gasteiger partial charge on any atom is -0.367 e. The molecule has 0 atom stereocenters. The van der Waals surface area contributed by atoms with E-state index in [0.29, 0.717) is 0 Å². The Labute approximate surface area is 79.9 Å². The van der Waals surface area contributed by atoms with Crippen LogP contribution in [0, 0.1) is 0 Å². The number of aromatic nitrogens is 1. The molecule has 0 saturated carbocycles. The van der Waals surface area contributed by atoms with E-state index in [9.17, 15) is 0 Å². The van der Waals surface area contributed by atoms with Crippen molar-refractivity contribution in [3.63, 3.8) is 0 Å². The van der Waals surface area contributed by atoms with Crippen LogP contribution in [0.4, 0.5) is 0 Å². The van der Waals surface area contributed by atoms with E-state index in [2.05, 4.69) is 28.6 Å². The van der Waals surface area contributed by atoms with Crippen molar-refractivity contribution in [2.24, 2.45) is 0 Å². The van der Waals surface area contributed by atoms with Gasteiger partial charge in [-0.05, 0) is 31.1 Å². The van der Waals surface area contributed by atoms with E-state index < -0.39 is 0 Å². The molecule has 0 spiro atoms. The third-order valence-corrected chi connectivity index (χ3v) is 1.98. The average molecular weight is 181 g/mol. The van der Waals surface area contributed by atoms with Crippen molar-refractivity contribution in [3.05, 3.63) is 24.0 Å². The lowest BCUT2D eigenvalue weighted by Gasteiger charge is -2.03. The molecule has 0 radical (unpaired) electrons. The lowest BCUT2D eigenvalue weighted by atomic mass is 10.2. The van der Waals surface area contributed by atoms with Gasteiger partial charge in [-0.2, -0.15) is 0 Å². The Morgan fingerprint density at radius 1 is 1.23 bits per heavy atom. The minimum atomic E-state index is 1.05. The monoisotopic (exact) mass is 181 g/mol. The van der Waals surface area contributed by atoms with Crippen LogP contribution >= 0.6 is 0 Å². The normalized spacial score (nSPS) is 10.5. The number of aromatic amines is 1. The molecule has 0 aliphatic rings. The molecule has 3 N–H and O–H groups in total. The van der Waals surface area contributed by atoms with Gasteiger partial charge in [0.1, 0.15) is 0 Å². The maximum Gasteiger partial charge on any atom is 0.00768 e. The van der Waals surface area contributed by atoms with Crippen LogP contribution in [0.1, 0.15) is 12.5 Å². The van der Waals surface area contributed by atoms with E-state index in [0.717, 1.165) is 32.6 Å². The molecule has 0 amide bonds. The predicted octanol–water partition coefficient (Wildman–Crippen LogP) is 0.756. The Bertz CT molecular complexity index is 194. The van der Waals surface area contributed by atoms with Crippen molar-refractivity contribution in [1.29, 1.82) is 0 Å². The maximum atomic E-state index is 3.38. The molecular formula is C10H19N3. The van der Waals surface area contributed by atoms with Crippen molar-refractivity contribution in [2.45, 2.75) is 13.3 Å². The highest BCUT2D eigenvalue weighted by molar-refractivity contribution is 5.08. The molecule has 0 bridgehead atoms. The highest BCUT2D eigenvalue weighted by Gasteiger charge is 1.91. The van der Waals surface area contributed by atoms with Gasteiger partial charge in [0.05, 0.1) is 0 Å². The second-order valence-electron chi connectivity index (χ2n) is 3.07. The summed E-state index contributed by atoms with van der Waals surface area (Å²) in [4.78, 5) is 3.05. The van der Waals surface area contributed by atoms with Gasteiger partial charge >= 0.3 is 0 Å². The van der Waals surface area contributed by atoms with Gasteiger partial charge in [-0.15, -0.1) is 0 Å². The van der Waals surface area contributed by atoms with E-state index in [-0.39, 0.29) is 0 Å². The molecule has 3 heteroatoms. The molecule has 0 saturated heterocycles. The smallest absolute Gasteiger partial charge is 0.00768 e. The maximum absolute atomic E-state index is 3.38. The first-order valence-corrected chi connectivity index (χ1v) is 4.96. The number of H-pyrrole nitrogens is 1. The van der Waals surface area contributed by atoms with Crippen LogP contribution in [0.3, 0.4) is 0 Å². The molecule has 0 aliphatic heterocycles. The number of rotatable bonds is 7. The Morgan fingerprint density at radius 3 is 2.77 bits per heavy atom. The molecule has 1 aromatic rings. The Hall–Kier alpha value is -0.800. The van der Waals surface area contributed by atoms with Crippen LogP contribution in [0.25, 0.3) is 0 Å². The summed E-state index contributed by atoms with van der Waals surface area (Å²) in [5, 5.41) is 6.66. The molecule has 13 heavy (non-hydrogen) atoms. The van der Waals surface area contributed by atoms with Crippen molar-refractivity contribution in [1.82, 2.24) is 15.6 Å². The van der Waals surface area contributed by atoms with Crippen molar-refractivity contribution < 1.29 is 0 Å². The first kappa shape index (κ1) is 10.3. The summed E-state index contributed by atoms with van der Waals surface area (Å²) in [6.07, 6.45) is 5.12. The SMILES string of the molecule is CCNCCNCCc1cc[nH]c1. The van der Waals surface area contributed by atoms with Crippen LogP contribution in [0.5, 0.6) is 0 Å². The predicted molar refractivity (Wildman–Crippen MR) is 55.9 cm³/mol. The van der Waals surface area contributed by atoms with Crippen molar-refractivity contribution in [3.8, 4) is 0 Å². The van der Waals surface area contributed by atoms with Gasteiger partial charge in [0, 0.05) is 25.5 Å². The van der Waals surface area contributed by atoms with Crippen LogP contribution in [0.15, 0.2) is 18.5 Å². The summed E-state index contributed by atoms with van der Waals surface area (Å²) in [6.45, 7) is 6.35. The van der Waals surface area contributed by atoms with E-state index in [1.54, 1.807) is 0 Å². The van der Waals surface area contributed by atoms with Gasteiger partial charge < -0.3 is 15.6 Å². The molecule has 1 rings (SSSR count). The van der Waals surface area contributed by atoms with Gasteiger partial charge in [-0.1, -0.05) is 6.92 Å². The largest absolute Gasteiger partial charge is 0.367 e. The first-order chi connectivity index (χ1) is 6.43. The molecule has 1 aromatic heterocycles. The Balaban J connectivity index is 1.90. The van der Waals surface area contributed by atoms with Crippen LogP contribution in [-0.4, -0.2) is 31.2 Å². The zero-order valence-electron chi connectivity index (χ0n) is 8.27. The van der Waals surface area contributed by atoms with Gasteiger partial charge in [0.25, 0.3) is 0 Å². The molecular weight excluding hydrogens is 162 g/mol. The fourth-order valence-corrected chi connectivity index (χ4v) is 1.23. The quantitative estimate of drug-likeness (QED) is 0.543. The number of likely N-dealkylation sites (N-methyl/N-ethyl adjacent to an activating group) is 1. The molecule has 1 heterocycles. The first-order valence-electron chi connectivity index (χ1n) is 4.96. The summed E-state index contributed by atoms with van der Waals surface area (Å²) in [6, 6.07) is 2.12. The summed E-state index contributed by atoms with van der Waals surface area (Å²) >= 11 is 0. The van der Waals surface area contributed by atoms with E-state index in [4.69, 9.17) is 0 Å². The van der Waals surface area contributed by atoms with Crippen molar-refractivity contribution >= 4 is 0 Å². The molecule has 3 nitrogen and oxygen atoms in total. The average Bonchev–Trinajstić information content (AvgIpc) is 2.63. The highest BCUT2D eigenvalue weighted by atomic mass is 14.9. The fraction of sp³-hybridized carbons (Fsp3) is 0.600. The summed E-state index contributed by atoms with van der Waals surface area (Å²) < 4.78 is 0. The van der Waals surface area contributed by atoms with Gasteiger partial charge in [-0.3, -0.25) is 0 Å². The zero-order chi connectivity index (χ0) is 9.36. The number of nitrogens with one attached hydrogen (secondary N) is 3. The van der Waals surface area contributed by atoms with E-state index in [1.165, 1.54) is 5.56 Å². The Morgan fingerprint density at radius 2 is 2.08 bits per heavy atom. The van der Waals surface area contributed by atoms with E-state index in [1.807, 2.05) is 12.4 Å². The summed E-state index contributed by atoms with van der Waals surface area (Å²) in [5.74, 6) is 0. The third-order valence-electron chi connectivity index (χ3n) is 1.98. The standard InChI is InChI=1S/C10H19N3/c1-2-11-7-8-12-5-3-10-4-6-13-9-10/h4,6,9,11-13H,2-3,5,7-8H2,1H3. The number of hydrogen-bond donors (Lipinski definition) is 3. The molecule has 74 valence electrons. The molecule has 0 unspecified atom stereocenters. The van der Waals surface area contributed by atoms with E-state index >= 15 is 0 Å².